The van der Waals surface area contributed by atoms with Crippen LogP contribution in [0.5, 0.6) is 0 Å². The Kier molecular flexibility index (Phi) is 5.27. The summed E-state index contributed by atoms with van der Waals surface area (Å²) < 4.78 is 0. The molecule has 0 saturated carbocycles. The van der Waals surface area contributed by atoms with Gasteiger partial charge in [0.25, 0.3) is 0 Å². The molecule has 0 amide bonds. The van der Waals surface area contributed by atoms with Gasteiger partial charge in [0.2, 0.25) is 0 Å². The van der Waals surface area contributed by atoms with E-state index in [1.54, 1.807) is 11.3 Å². The molecule has 0 radical (unpaired) electrons. The van der Waals surface area contributed by atoms with Crippen molar-refractivity contribution in [2.45, 2.75) is 38.5 Å². The molecule has 2 aromatic rings. The van der Waals surface area contributed by atoms with E-state index < -0.39 is 5.92 Å². The van der Waals surface area contributed by atoms with E-state index in [1.807, 2.05) is 42.3 Å². The smallest absolute Gasteiger partial charge is 0.162 e. The van der Waals surface area contributed by atoms with Gasteiger partial charge in [0.05, 0.1) is 17.6 Å². The summed E-state index contributed by atoms with van der Waals surface area (Å²) in [5, 5.41) is 13.8. The Morgan fingerprint density at radius 1 is 1.20 bits per heavy atom. The van der Waals surface area contributed by atoms with E-state index >= 15 is 0 Å². The Labute approximate surface area is 181 Å². The van der Waals surface area contributed by atoms with Gasteiger partial charge in [-0.2, -0.15) is 5.26 Å². The summed E-state index contributed by atoms with van der Waals surface area (Å²) in [4.78, 5) is 15.9. The number of nitrogens with two attached hydrogens (primary N) is 1. The van der Waals surface area contributed by atoms with Gasteiger partial charge in [-0.15, -0.1) is 11.3 Å². The predicted octanol–water partition coefficient (Wildman–Crippen LogP) is 4.34. The molecule has 1 aromatic heterocycles. The van der Waals surface area contributed by atoms with Gasteiger partial charge in [0.15, 0.2) is 5.78 Å². The van der Waals surface area contributed by atoms with Crippen molar-refractivity contribution in [3.8, 4) is 6.07 Å². The van der Waals surface area contributed by atoms with Crippen molar-refractivity contribution in [3.05, 3.63) is 79.9 Å². The molecule has 0 bridgehead atoms. The van der Waals surface area contributed by atoms with Gasteiger partial charge in [0, 0.05) is 41.5 Å². The van der Waals surface area contributed by atoms with Crippen molar-refractivity contribution >= 4 is 17.1 Å². The SMILES string of the molecule is Cc1cc([C@@H]2C(C#N)=C(N)N(N(C)C)C3=C2C(=O)C[C@@H](c2ccccc2)C3)c(C)s1. The highest BCUT2D eigenvalue weighted by Gasteiger charge is 2.43. The molecule has 2 heterocycles. The molecule has 1 aliphatic carbocycles. The van der Waals surface area contributed by atoms with Crippen LogP contribution in [0.2, 0.25) is 0 Å². The monoisotopic (exact) mass is 418 g/mol. The van der Waals surface area contributed by atoms with Gasteiger partial charge in [-0.1, -0.05) is 30.3 Å². The van der Waals surface area contributed by atoms with Crippen LogP contribution in [0.25, 0.3) is 0 Å². The van der Waals surface area contributed by atoms with Crippen molar-refractivity contribution in [1.82, 2.24) is 10.0 Å². The lowest BCUT2D eigenvalue weighted by Crippen LogP contribution is -2.46. The second-order valence-corrected chi connectivity index (χ2v) is 9.63. The molecule has 1 aliphatic heterocycles. The van der Waals surface area contributed by atoms with Crippen molar-refractivity contribution < 1.29 is 4.79 Å². The number of aryl methyl sites for hydroxylation is 2. The van der Waals surface area contributed by atoms with Crippen molar-refractivity contribution in [1.29, 1.82) is 5.26 Å². The van der Waals surface area contributed by atoms with Crippen LogP contribution in [0, 0.1) is 25.2 Å². The first-order valence-electron chi connectivity index (χ1n) is 10.1. The van der Waals surface area contributed by atoms with Crippen LogP contribution in [0.15, 0.2) is 59.1 Å². The van der Waals surface area contributed by atoms with Gasteiger partial charge in [-0.3, -0.25) is 9.80 Å². The van der Waals surface area contributed by atoms with Gasteiger partial charge in [0.1, 0.15) is 5.82 Å². The van der Waals surface area contributed by atoms with Crippen LogP contribution in [0.1, 0.15) is 45.6 Å². The van der Waals surface area contributed by atoms with Gasteiger partial charge in [-0.25, -0.2) is 5.01 Å². The molecule has 154 valence electrons. The van der Waals surface area contributed by atoms with E-state index in [1.165, 1.54) is 4.88 Å². The molecule has 2 N–H and O–H groups in total. The largest absolute Gasteiger partial charge is 0.383 e. The number of hydrogen-bond donors (Lipinski definition) is 1. The van der Waals surface area contributed by atoms with Crippen molar-refractivity contribution in [2.75, 3.05) is 14.1 Å². The van der Waals surface area contributed by atoms with Crippen LogP contribution < -0.4 is 5.73 Å². The zero-order valence-electron chi connectivity index (χ0n) is 17.8. The van der Waals surface area contributed by atoms with E-state index in [-0.39, 0.29) is 11.7 Å². The number of carbonyl (C=O) groups is 1. The van der Waals surface area contributed by atoms with Gasteiger partial charge < -0.3 is 5.73 Å². The Bertz CT molecular complexity index is 1100. The third-order valence-electron chi connectivity index (χ3n) is 6.00. The number of carbonyl (C=O) groups excluding carboxylic acids is 1. The normalized spacial score (nSPS) is 21.9. The fraction of sp³-hybridized carbons (Fsp3) is 0.333. The minimum absolute atomic E-state index is 0.0993. The molecular formula is C24H26N4OS. The number of hydrazine groups is 1. The minimum atomic E-state index is -0.393. The molecule has 0 unspecified atom stereocenters. The van der Waals surface area contributed by atoms with Crippen LogP contribution in [-0.2, 0) is 4.79 Å². The quantitative estimate of drug-likeness (QED) is 0.803. The summed E-state index contributed by atoms with van der Waals surface area (Å²) in [5.74, 6) is 0.221. The molecule has 4 rings (SSSR count). The van der Waals surface area contributed by atoms with Gasteiger partial charge >= 0.3 is 0 Å². The number of rotatable bonds is 3. The molecule has 0 fully saturated rings. The highest BCUT2D eigenvalue weighted by atomic mass is 32.1. The number of benzene rings is 1. The summed E-state index contributed by atoms with van der Waals surface area (Å²) in [7, 11) is 3.78. The summed E-state index contributed by atoms with van der Waals surface area (Å²) in [6, 6.07) is 14.6. The third kappa shape index (κ3) is 3.24. The molecule has 0 spiro atoms. The first-order valence-corrected chi connectivity index (χ1v) is 10.9. The van der Waals surface area contributed by atoms with Crippen LogP contribution >= 0.6 is 11.3 Å². The lowest BCUT2D eigenvalue weighted by atomic mass is 9.72. The summed E-state index contributed by atoms with van der Waals surface area (Å²) in [6.07, 6.45) is 1.16. The van der Waals surface area contributed by atoms with E-state index in [9.17, 15) is 10.1 Å². The first kappa shape index (κ1) is 20.4. The number of Topliss-reactive ketones (excluding diaryl/α,β-unsaturated/α-hetero) is 1. The summed E-state index contributed by atoms with van der Waals surface area (Å²) in [5.41, 5.74) is 10.8. The Hall–Kier alpha value is -2.88. The Balaban J connectivity index is 1.91. The molecule has 2 aliphatic rings. The fourth-order valence-corrected chi connectivity index (χ4v) is 5.74. The van der Waals surface area contributed by atoms with E-state index in [4.69, 9.17) is 5.73 Å². The standard InChI is InChI=1S/C24H26N4OS/c1-14-10-18(15(2)30-14)22-19(13-25)24(26)28(27(3)4)20-11-17(12-21(29)23(20)22)16-8-6-5-7-9-16/h5-10,17,22H,11-12,26H2,1-4H3/t17-,22+/m0/s1. The zero-order valence-corrected chi connectivity index (χ0v) is 18.6. The summed E-state index contributed by atoms with van der Waals surface area (Å²) >= 11 is 1.69. The number of thiophene rings is 1. The molecule has 6 heteroatoms. The lowest BCUT2D eigenvalue weighted by molar-refractivity contribution is -0.117. The van der Waals surface area contributed by atoms with E-state index in [2.05, 4.69) is 38.1 Å². The number of nitriles is 1. The molecule has 5 nitrogen and oxygen atoms in total. The number of hydrogen-bond acceptors (Lipinski definition) is 6. The predicted molar refractivity (Wildman–Crippen MR) is 119 cm³/mol. The highest BCUT2D eigenvalue weighted by Crippen LogP contribution is 2.49. The highest BCUT2D eigenvalue weighted by molar-refractivity contribution is 7.12. The van der Waals surface area contributed by atoms with Crippen molar-refractivity contribution in [2.24, 2.45) is 5.73 Å². The average molecular weight is 419 g/mol. The second-order valence-electron chi connectivity index (χ2n) is 8.17. The third-order valence-corrected chi connectivity index (χ3v) is 6.98. The van der Waals surface area contributed by atoms with E-state index in [0.29, 0.717) is 24.2 Å². The second kappa shape index (κ2) is 7.75. The molecule has 30 heavy (non-hydrogen) atoms. The Morgan fingerprint density at radius 3 is 2.47 bits per heavy atom. The zero-order chi connectivity index (χ0) is 21.6. The van der Waals surface area contributed by atoms with Crippen LogP contribution in [-0.4, -0.2) is 29.9 Å². The number of allylic oxidation sites excluding steroid dienone is 3. The Morgan fingerprint density at radius 2 is 1.90 bits per heavy atom. The van der Waals surface area contributed by atoms with Crippen molar-refractivity contribution in [3.63, 3.8) is 0 Å². The molecule has 1 aromatic carbocycles. The molecule has 2 atom stereocenters. The average Bonchev–Trinajstić information content (AvgIpc) is 3.04. The first-order chi connectivity index (χ1) is 14.3. The lowest BCUT2D eigenvalue weighted by Gasteiger charge is -2.43. The number of nitrogens with zero attached hydrogens (tertiary/aromatic N) is 3. The molecule has 0 saturated heterocycles. The van der Waals surface area contributed by atoms with E-state index in [0.717, 1.165) is 27.3 Å². The van der Waals surface area contributed by atoms with Gasteiger partial charge in [-0.05, 0) is 43.4 Å². The topological polar surface area (TPSA) is 73.4 Å². The van der Waals surface area contributed by atoms with Crippen LogP contribution in [0.4, 0.5) is 0 Å². The molecular weight excluding hydrogens is 392 g/mol. The fourth-order valence-electron chi connectivity index (χ4n) is 4.78. The maximum absolute atomic E-state index is 13.6. The summed E-state index contributed by atoms with van der Waals surface area (Å²) in [6.45, 7) is 4.11. The minimum Gasteiger partial charge on any atom is -0.383 e. The maximum atomic E-state index is 13.6. The van der Waals surface area contributed by atoms with Crippen LogP contribution in [0.3, 0.4) is 0 Å². The number of ketones is 1. The maximum Gasteiger partial charge on any atom is 0.162 e.